The van der Waals surface area contributed by atoms with Gasteiger partial charge in [0.2, 0.25) is 5.91 Å². The van der Waals surface area contributed by atoms with E-state index in [1.807, 2.05) is 24.3 Å². The van der Waals surface area contributed by atoms with E-state index in [4.69, 9.17) is 4.74 Å². The number of carbonyl (C=O) groups excluding carboxylic acids is 1. The molecule has 0 aromatic heterocycles. The first kappa shape index (κ1) is 18.5. The number of hydrogen-bond donors (Lipinski definition) is 1. The highest BCUT2D eigenvalue weighted by Crippen LogP contribution is 2.35. The van der Waals surface area contributed by atoms with Crippen molar-refractivity contribution in [1.82, 2.24) is 4.90 Å². The average molecular weight is 352 g/mol. The molecule has 1 aliphatic carbocycles. The van der Waals surface area contributed by atoms with Crippen LogP contribution < -0.4 is 10.1 Å². The number of benzene rings is 2. The van der Waals surface area contributed by atoms with E-state index in [0.717, 1.165) is 37.2 Å². The molecular weight excluding hydrogens is 324 g/mol. The average Bonchev–Trinajstić information content (AvgIpc) is 3.03. The van der Waals surface area contributed by atoms with E-state index >= 15 is 0 Å². The van der Waals surface area contributed by atoms with Crippen molar-refractivity contribution in [3.05, 3.63) is 59.7 Å². The van der Waals surface area contributed by atoms with Crippen molar-refractivity contribution in [3.8, 4) is 5.75 Å². The molecule has 4 nitrogen and oxygen atoms in total. The van der Waals surface area contributed by atoms with Crippen molar-refractivity contribution in [1.29, 1.82) is 0 Å². The number of ether oxygens (including phenoxy) is 1. The summed E-state index contributed by atoms with van der Waals surface area (Å²) in [6, 6.07) is 16.1. The molecule has 1 N–H and O–H groups in total. The molecule has 2 aromatic rings. The Balaban J connectivity index is 1.46. The highest BCUT2D eigenvalue weighted by molar-refractivity contribution is 5.91. The van der Waals surface area contributed by atoms with Crippen LogP contribution in [-0.4, -0.2) is 38.1 Å². The molecule has 0 bridgehead atoms. The van der Waals surface area contributed by atoms with E-state index < -0.39 is 0 Å². The second kappa shape index (κ2) is 8.86. The summed E-state index contributed by atoms with van der Waals surface area (Å²) in [4.78, 5) is 14.5. The Morgan fingerprint density at radius 3 is 2.69 bits per heavy atom. The van der Waals surface area contributed by atoms with Crippen molar-refractivity contribution in [2.45, 2.75) is 31.6 Å². The van der Waals surface area contributed by atoms with Crippen LogP contribution in [0.15, 0.2) is 48.5 Å². The fraction of sp³-hybridized carbons (Fsp3) is 0.409. The predicted octanol–water partition coefficient (Wildman–Crippen LogP) is 4.08. The van der Waals surface area contributed by atoms with E-state index in [0.29, 0.717) is 18.9 Å². The highest BCUT2D eigenvalue weighted by atomic mass is 16.5. The monoisotopic (exact) mass is 352 g/mol. The van der Waals surface area contributed by atoms with Crippen molar-refractivity contribution in [2.75, 3.05) is 32.6 Å². The number of hydrogen-bond acceptors (Lipinski definition) is 3. The van der Waals surface area contributed by atoms with E-state index in [-0.39, 0.29) is 5.91 Å². The van der Waals surface area contributed by atoms with Gasteiger partial charge in [0.1, 0.15) is 5.75 Å². The molecule has 138 valence electrons. The number of nitrogens with one attached hydrogen (secondary N) is 1. The number of aryl methyl sites for hydroxylation is 1. The molecule has 1 amide bonds. The van der Waals surface area contributed by atoms with Crippen LogP contribution in [0.25, 0.3) is 0 Å². The third kappa shape index (κ3) is 5.09. The maximum Gasteiger partial charge on any atom is 0.224 e. The minimum absolute atomic E-state index is 0.0753. The Labute approximate surface area is 156 Å². The summed E-state index contributed by atoms with van der Waals surface area (Å²) in [5.74, 6) is 1.25. The minimum Gasteiger partial charge on any atom is -0.494 e. The van der Waals surface area contributed by atoms with Crippen LogP contribution in [0, 0.1) is 0 Å². The number of fused-ring (bicyclic) bond motifs is 1. The van der Waals surface area contributed by atoms with Gasteiger partial charge in [0.05, 0.1) is 6.61 Å². The maximum atomic E-state index is 12.4. The number of anilines is 1. The SMILES string of the molecule is CN(C)CCCOc1ccc(NC(=O)CC2CCc3ccccc32)cc1. The molecule has 0 aliphatic heterocycles. The summed E-state index contributed by atoms with van der Waals surface area (Å²) in [5.41, 5.74) is 3.55. The van der Waals surface area contributed by atoms with Gasteiger partial charge in [-0.05, 0) is 74.7 Å². The molecule has 0 saturated carbocycles. The molecule has 1 atom stereocenters. The second-order valence-electron chi connectivity index (χ2n) is 7.22. The van der Waals surface area contributed by atoms with E-state index in [9.17, 15) is 4.79 Å². The molecular formula is C22H28N2O2. The van der Waals surface area contributed by atoms with Crippen LogP contribution in [0.1, 0.15) is 36.3 Å². The van der Waals surface area contributed by atoms with E-state index in [1.54, 1.807) is 0 Å². The molecule has 4 heteroatoms. The van der Waals surface area contributed by atoms with Crippen molar-refractivity contribution in [3.63, 3.8) is 0 Å². The Bertz CT molecular complexity index is 725. The topological polar surface area (TPSA) is 41.6 Å². The zero-order chi connectivity index (χ0) is 18.4. The molecule has 0 radical (unpaired) electrons. The quantitative estimate of drug-likeness (QED) is 0.728. The van der Waals surface area contributed by atoms with Gasteiger partial charge in [0.25, 0.3) is 0 Å². The Hall–Kier alpha value is -2.33. The van der Waals surface area contributed by atoms with Gasteiger partial charge in [-0.3, -0.25) is 4.79 Å². The van der Waals surface area contributed by atoms with Gasteiger partial charge in [-0.1, -0.05) is 24.3 Å². The summed E-state index contributed by atoms with van der Waals surface area (Å²) in [7, 11) is 4.11. The second-order valence-corrected chi connectivity index (χ2v) is 7.22. The summed E-state index contributed by atoms with van der Waals surface area (Å²) in [6.07, 6.45) is 3.68. The van der Waals surface area contributed by atoms with Crippen LogP contribution in [0.5, 0.6) is 5.75 Å². The van der Waals surface area contributed by atoms with E-state index in [1.165, 1.54) is 11.1 Å². The fourth-order valence-corrected chi connectivity index (χ4v) is 3.50. The fourth-order valence-electron chi connectivity index (χ4n) is 3.50. The largest absolute Gasteiger partial charge is 0.494 e. The molecule has 0 saturated heterocycles. The highest BCUT2D eigenvalue weighted by Gasteiger charge is 2.24. The Kier molecular flexibility index (Phi) is 6.29. The summed E-state index contributed by atoms with van der Waals surface area (Å²) >= 11 is 0. The lowest BCUT2D eigenvalue weighted by Gasteiger charge is -2.13. The Morgan fingerprint density at radius 1 is 1.15 bits per heavy atom. The molecule has 0 fully saturated rings. The molecule has 1 unspecified atom stereocenters. The Morgan fingerprint density at radius 2 is 1.92 bits per heavy atom. The number of carbonyl (C=O) groups is 1. The lowest BCUT2D eigenvalue weighted by molar-refractivity contribution is -0.116. The number of rotatable bonds is 8. The van der Waals surface area contributed by atoms with Crippen LogP contribution >= 0.6 is 0 Å². The van der Waals surface area contributed by atoms with Gasteiger partial charge in [0.15, 0.2) is 0 Å². The zero-order valence-electron chi connectivity index (χ0n) is 15.7. The maximum absolute atomic E-state index is 12.4. The van der Waals surface area contributed by atoms with Gasteiger partial charge in [-0.25, -0.2) is 0 Å². The van der Waals surface area contributed by atoms with Crippen LogP contribution in [0.3, 0.4) is 0 Å². The first-order valence-corrected chi connectivity index (χ1v) is 9.37. The zero-order valence-corrected chi connectivity index (χ0v) is 15.7. The van der Waals surface area contributed by atoms with Crippen LogP contribution in [0.2, 0.25) is 0 Å². The van der Waals surface area contributed by atoms with Gasteiger partial charge in [-0.15, -0.1) is 0 Å². The molecule has 0 heterocycles. The van der Waals surface area contributed by atoms with Crippen molar-refractivity contribution >= 4 is 11.6 Å². The van der Waals surface area contributed by atoms with Crippen LogP contribution in [-0.2, 0) is 11.2 Å². The smallest absolute Gasteiger partial charge is 0.224 e. The first-order chi connectivity index (χ1) is 12.6. The standard InChI is InChI=1S/C22H28N2O2/c1-24(2)14-5-15-26-20-12-10-19(11-13-20)23-22(25)16-18-9-8-17-6-3-4-7-21(17)18/h3-4,6-7,10-13,18H,5,8-9,14-16H2,1-2H3,(H,23,25). The first-order valence-electron chi connectivity index (χ1n) is 9.37. The summed E-state index contributed by atoms with van der Waals surface area (Å²) in [5, 5.41) is 3.01. The molecule has 2 aromatic carbocycles. The molecule has 26 heavy (non-hydrogen) atoms. The summed E-state index contributed by atoms with van der Waals surface area (Å²) in [6.45, 7) is 1.71. The van der Waals surface area contributed by atoms with Gasteiger partial charge < -0.3 is 15.0 Å². The third-order valence-corrected chi connectivity index (χ3v) is 4.85. The number of nitrogens with zero attached hydrogens (tertiary/aromatic N) is 1. The molecule has 1 aliphatic rings. The van der Waals surface area contributed by atoms with Gasteiger partial charge in [0, 0.05) is 18.7 Å². The van der Waals surface area contributed by atoms with Crippen molar-refractivity contribution in [2.24, 2.45) is 0 Å². The molecule has 0 spiro atoms. The lowest BCUT2D eigenvalue weighted by Crippen LogP contribution is -2.15. The van der Waals surface area contributed by atoms with E-state index in [2.05, 4.69) is 48.6 Å². The normalized spacial score (nSPS) is 15.7. The number of amides is 1. The summed E-state index contributed by atoms with van der Waals surface area (Å²) < 4.78 is 5.72. The predicted molar refractivity (Wildman–Crippen MR) is 106 cm³/mol. The van der Waals surface area contributed by atoms with Gasteiger partial charge >= 0.3 is 0 Å². The van der Waals surface area contributed by atoms with Crippen molar-refractivity contribution < 1.29 is 9.53 Å². The lowest BCUT2D eigenvalue weighted by atomic mass is 9.97. The minimum atomic E-state index is 0.0753. The van der Waals surface area contributed by atoms with Crippen LogP contribution in [0.4, 0.5) is 5.69 Å². The van der Waals surface area contributed by atoms with Gasteiger partial charge in [-0.2, -0.15) is 0 Å². The molecule has 3 rings (SSSR count). The third-order valence-electron chi connectivity index (χ3n) is 4.85.